The Morgan fingerprint density at radius 3 is 2.46 bits per heavy atom. The van der Waals surface area contributed by atoms with Gasteiger partial charge in [0.2, 0.25) is 0 Å². The number of aromatic amines is 1. The molecule has 0 bridgehead atoms. The lowest BCUT2D eigenvalue weighted by Gasteiger charge is -2.09. The van der Waals surface area contributed by atoms with Crippen molar-refractivity contribution < 1.29 is 21.6 Å². The van der Waals surface area contributed by atoms with Gasteiger partial charge in [-0.3, -0.25) is 4.72 Å². The molecular formula is C14H7BrClF3N2O2S. The highest BCUT2D eigenvalue weighted by atomic mass is 79.9. The highest BCUT2D eigenvalue weighted by molar-refractivity contribution is 9.10. The molecule has 0 aliphatic carbocycles. The SMILES string of the molecule is O=S(=O)(Nc1cc(F)c(Cl)cc1F)c1c[nH]c2cc(Br)cc(F)c12. The van der Waals surface area contributed by atoms with E-state index < -0.39 is 43.1 Å². The van der Waals surface area contributed by atoms with Crippen molar-refractivity contribution in [2.45, 2.75) is 4.90 Å². The van der Waals surface area contributed by atoms with Crippen molar-refractivity contribution in [2.24, 2.45) is 0 Å². The van der Waals surface area contributed by atoms with Gasteiger partial charge in [0.25, 0.3) is 10.0 Å². The Labute approximate surface area is 147 Å². The highest BCUT2D eigenvalue weighted by Gasteiger charge is 2.23. The molecule has 0 unspecified atom stereocenters. The van der Waals surface area contributed by atoms with Crippen LogP contribution in [-0.4, -0.2) is 13.4 Å². The van der Waals surface area contributed by atoms with E-state index in [1.165, 1.54) is 6.07 Å². The average molecular weight is 440 g/mol. The molecule has 0 atom stereocenters. The van der Waals surface area contributed by atoms with Crippen molar-refractivity contribution >= 4 is 54.1 Å². The zero-order chi connectivity index (χ0) is 17.6. The minimum atomic E-state index is -4.37. The molecule has 4 nitrogen and oxygen atoms in total. The van der Waals surface area contributed by atoms with Crippen LogP contribution < -0.4 is 4.72 Å². The number of hydrogen-bond donors (Lipinski definition) is 2. The van der Waals surface area contributed by atoms with Crippen LogP contribution >= 0.6 is 27.5 Å². The molecule has 0 fully saturated rings. The third-order valence-corrected chi connectivity index (χ3v) is 5.34. The fraction of sp³-hybridized carbons (Fsp3) is 0. The summed E-state index contributed by atoms with van der Waals surface area (Å²) < 4.78 is 68.5. The maximum absolute atomic E-state index is 14.1. The van der Waals surface area contributed by atoms with Crippen LogP contribution in [0.15, 0.2) is 39.8 Å². The van der Waals surface area contributed by atoms with Crippen molar-refractivity contribution in [3.63, 3.8) is 0 Å². The normalized spacial score (nSPS) is 11.9. The molecule has 1 heterocycles. The van der Waals surface area contributed by atoms with Gasteiger partial charge in [0.15, 0.2) is 0 Å². The van der Waals surface area contributed by atoms with E-state index in [1.54, 1.807) is 0 Å². The van der Waals surface area contributed by atoms with Gasteiger partial charge in [-0.25, -0.2) is 21.6 Å². The molecule has 126 valence electrons. The van der Waals surface area contributed by atoms with E-state index in [1.807, 2.05) is 4.72 Å². The maximum Gasteiger partial charge on any atom is 0.264 e. The van der Waals surface area contributed by atoms with Gasteiger partial charge in [0.05, 0.1) is 21.6 Å². The predicted octanol–water partition coefficient (Wildman–Crippen LogP) is 4.80. The van der Waals surface area contributed by atoms with E-state index in [2.05, 4.69) is 20.9 Å². The average Bonchev–Trinajstić information content (AvgIpc) is 2.89. The lowest BCUT2D eigenvalue weighted by molar-refractivity contribution is 0.594. The van der Waals surface area contributed by atoms with E-state index in [4.69, 9.17) is 11.6 Å². The van der Waals surface area contributed by atoms with Gasteiger partial charge in [-0.2, -0.15) is 0 Å². The zero-order valence-electron chi connectivity index (χ0n) is 11.5. The molecule has 2 aromatic carbocycles. The number of anilines is 1. The van der Waals surface area contributed by atoms with Gasteiger partial charge >= 0.3 is 0 Å². The number of fused-ring (bicyclic) bond motifs is 1. The molecule has 3 aromatic rings. The summed E-state index contributed by atoms with van der Waals surface area (Å²) in [5, 5.41) is -0.681. The molecule has 3 rings (SSSR count). The van der Waals surface area contributed by atoms with Crippen LogP contribution in [0.1, 0.15) is 0 Å². The molecule has 0 amide bonds. The standard InChI is InChI=1S/C14H7BrClF3N2O2S/c15-6-1-10(19)14-12(2-6)20-5-13(14)24(22,23)21-11-4-8(17)7(16)3-9(11)18/h1-5,20-21H. The van der Waals surface area contributed by atoms with Crippen LogP contribution in [0.2, 0.25) is 5.02 Å². The van der Waals surface area contributed by atoms with Gasteiger partial charge in [-0.1, -0.05) is 27.5 Å². The van der Waals surface area contributed by atoms with Crippen LogP contribution in [0.3, 0.4) is 0 Å². The number of rotatable bonds is 3. The lowest BCUT2D eigenvalue weighted by atomic mass is 10.2. The van der Waals surface area contributed by atoms with Gasteiger partial charge in [0, 0.05) is 16.7 Å². The van der Waals surface area contributed by atoms with Crippen molar-refractivity contribution in [3.8, 4) is 0 Å². The number of benzene rings is 2. The largest absolute Gasteiger partial charge is 0.360 e. The van der Waals surface area contributed by atoms with Gasteiger partial charge in [-0.15, -0.1) is 0 Å². The van der Waals surface area contributed by atoms with E-state index >= 15 is 0 Å². The molecule has 0 aliphatic heterocycles. The number of sulfonamides is 1. The molecule has 1 aromatic heterocycles. The summed E-state index contributed by atoms with van der Waals surface area (Å²) in [5.41, 5.74) is -0.409. The van der Waals surface area contributed by atoms with Crippen molar-refractivity contribution in [1.82, 2.24) is 4.98 Å². The Bertz CT molecular complexity index is 1070. The van der Waals surface area contributed by atoms with Gasteiger partial charge in [-0.05, 0) is 18.2 Å². The predicted molar refractivity (Wildman–Crippen MR) is 88.1 cm³/mol. The Morgan fingerprint density at radius 2 is 1.75 bits per heavy atom. The Balaban J connectivity index is 2.11. The fourth-order valence-electron chi connectivity index (χ4n) is 2.17. The van der Waals surface area contributed by atoms with E-state index in [9.17, 15) is 21.6 Å². The molecule has 0 radical (unpaired) electrons. The minimum absolute atomic E-state index is 0.194. The Hall–Kier alpha value is -1.71. The molecule has 0 saturated heterocycles. The first kappa shape index (κ1) is 17.1. The first-order valence-corrected chi connectivity index (χ1v) is 8.98. The van der Waals surface area contributed by atoms with E-state index in [0.29, 0.717) is 16.6 Å². The number of nitrogens with one attached hydrogen (secondary N) is 2. The van der Waals surface area contributed by atoms with Crippen LogP contribution in [0.5, 0.6) is 0 Å². The van der Waals surface area contributed by atoms with E-state index in [-0.39, 0.29) is 10.9 Å². The van der Waals surface area contributed by atoms with E-state index in [0.717, 1.165) is 12.3 Å². The Morgan fingerprint density at radius 1 is 1.04 bits per heavy atom. The summed E-state index contributed by atoms with van der Waals surface area (Å²) in [6, 6.07) is 3.83. The zero-order valence-corrected chi connectivity index (χ0v) is 14.7. The molecule has 0 aliphatic rings. The van der Waals surface area contributed by atoms with Crippen molar-refractivity contribution in [3.05, 3.63) is 57.4 Å². The summed E-state index contributed by atoms with van der Waals surface area (Å²) >= 11 is 8.51. The number of H-pyrrole nitrogens is 1. The maximum atomic E-state index is 14.1. The second-order valence-corrected chi connectivity index (χ2v) is 7.79. The first-order chi connectivity index (χ1) is 11.2. The summed E-state index contributed by atoms with van der Waals surface area (Å²) in [4.78, 5) is 2.19. The molecule has 24 heavy (non-hydrogen) atoms. The second kappa shape index (κ2) is 5.98. The molecule has 10 heteroatoms. The van der Waals surface area contributed by atoms with Crippen molar-refractivity contribution in [2.75, 3.05) is 4.72 Å². The van der Waals surface area contributed by atoms with Crippen LogP contribution in [-0.2, 0) is 10.0 Å². The number of aromatic nitrogens is 1. The molecule has 2 N–H and O–H groups in total. The Kier molecular flexibility index (Phi) is 4.27. The van der Waals surface area contributed by atoms with Crippen molar-refractivity contribution in [1.29, 1.82) is 0 Å². The monoisotopic (exact) mass is 438 g/mol. The first-order valence-electron chi connectivity index (χ1n) is 6.32. The summed E-state index contributed by atoms with van der Waals surface area (Å²) in [5.74, 6) is -2.85. The van der Waals surface area contributed by atoms with Gasteiger partial charge < -0.3 is 4.98 Å². The molecule has 0 saturated carbocycles. The summed E-state index contributed by atoms with van der Waals surface area (Å²) in [6.45, 7) is 0. The third-order valence-electron chi connectivity index (χ3n) is 3.20. The molecular weight excluding hydrogens is 433 g/mol. The summed E-state index contributed by atoms with van der Waals surface area (Å²) in [6.07, 6.45) is 1.06. The van der Waals surface area contributed by atoms with Crippen LogP contribution in [0.25, 0.3) is 10.9 Å². The molecule has 0 spiro atoms. The topological polar surface area (TPSA) is 62.0 Å². The second-order valence-electron chi connectivity index (χ2n) is 4.81. The quantitative estimate of drug-likeness (QED) is 0.576. The minimum Gasteiger partial charge on any atom is -0.360 e. The van der Waals surface area contributed by atoms with Crippen LogP contribution in [0.4, 0.5) is 18.9 Å². The smallest absolute Gasteiger partial charge is 0.264 e. The fourth-order valence-corrected chi connectivity index (χ4v) is 3.99. The van der Waals surface area contributed by atoms with Crippen LogP contribution in [0, 0.1) is 17.5 Å². The number of halogens is 5. The van der Waals surface area contributed by atoms with Gasteiger partial charge in [0.1, 0.15) is 22.3 Å². The lowest BCUT2D eigenvalue weighted by Crippen LogP contribution is -2.14. The highest BCUT2D eigenvalue weighted by Crippen LogP contribution is 2.31. The summed E-state index contributed by atoms with van der Waals surface area (Å²) in [7, 11) is -4.37. The third kappa shape index (κ3) is 2.99. The number of hydrogen-bond acceptors (Lipinski definition) is 2.